The highest BCUT2D eigenvalue weighted by molar-refractivity contribution is 14.0. The fraction of sp³-hybridized carbons (Fsp3) is 0.938. The molecule has 0 aromatic carbocycles. The van der Waals surface area contributed by atoms with Crippen LogP contribution in [0.3, 0.4) is 0 Å². The van der Waals surface area contributed by atoms with Gasteiger partial charge >= 0.3 is 0 Å². The largest absolute Gasteiger partial charge is 0.355 e. The van der Waals surface area contributed by atoms with Crippen LogP contribution in [0.2, 0.25) is 0 Å². The predicted molar refractivity (Wildman–Crippen MR) is 104 cm³/mol. The number of rotatable bonds is 5. The molecule has 0 saturated heterocycles. The minimum Gasteiger partial charge on any atom is -0.355 e. The predicted octanol–water partition coefficient (Wildman–Crippen LogP) is 3.13. The van der Waals surface area contributed by atoms with E-state index in [0.717, 1.165) is 25.0 Å². The highest BCUT2D eigenvalue weighted by Gasteiger charge is 2.21. The molecule has 21 heavy (non-hydrogen) atoms. The number of hydrogen-bond donors (Lipinski definition) is 3. The molecule has 0 radical (unpaired) electrons. The smallest absolute Gasteiger partial charge is 0.191 e. The number of halogens is 1. The van der Waals surface area contributed by atoms with Crippen molar-refractivity contribution in [2.45, 2.75) is 71.4 Å². The van der Waals surface area contributed by atoms with Crippen LogP contribution in [-0.4, -0.2) is 37.7 Å². The van der Waals surface area contributed by atoms with Crippen molar-refractivity contribution in [1.82, 2.24) is 16.0 Å². The van der Waals surface area contributed by atoms with Crippen LogP contribution >= 0.6 is 24.0 Å². The van der Waals surface area contributed by atoms with Crippen LogP contribution in [0.25, 0.3) is 0 Å². The molecular weight excluding hydrogens is 375 g/mol. The van der Waals surface area contributed by atoms with Gasteiger partial charge in [-0.2, -0.15) is 0 Å². The van der Waals surface area contributed by atoms with Crippen LogP contribution in [0, 0.1) is 5.92 Å². The second-order valence-corrected chi connectivity index (χ2v) is 6.96. The Morgan fingerprint density at radius 2 is 1.90 bits per heavy atom. The van der Waals surface area contributed by atoms with Crippen molar-refractivity contribution in [1.29, 1.82) is 0 Å². The van der Waals surface area contributed by atoms with Crippen LogP contribution in [-0.2, 0) is 0 Å². The Morgan fingerprint density at radius 3 is 2.48 bits per heavy atom. The second kappa shape index (κ2) is 10.6. The first-order chi connectivity index (χ1) is 9.44. The van der Waals surface area contributed by atoms with Gasteiger partial charge in [-0.25, -0.2) is 0 Å². The van der Waals surface area contributed by atoms with Gasteiger partial charge in [0.2, 0.25) is 0 Å². The van der Waals surface area contributed by atoms with Gasteiger partial charge < -0.3 is 16.0 Å². The molecule has 5 heteroatoms. The van der Waals surface area contributed by atoms with E-state index < -0.39 is 0 Å². The Morgan fingerprint density at radius 1 is 1.19 bits per heavy atom. The van der Waals surface area contributed by atoms with Crippen LogP contribution in [0.5, 0.6) is 0 Å². The summed E-state index contributed by atoms with van der Waals surface area (Å²) in [5.74, 6) is 1.84. The van der Waals surface area contributed by atoms with Gasteiger partial charge in [-0.05, 0) is 39.5 Å². The van der Waals surface area contributed by atoms with E-state index in [1.807, 2.05) is 7.05 Å². The molecule has 0 aliphatic heterocycles. The molecule has 0 aromatic rings. The highest BCUT2D eigenvalue weighted by Crippen LogP contribution is 2.26. The van der Waals surface area contributed by atoms with Crippen LogP contribution in [0.4, 0.5) is 0 Å². The van der Waals surface area contributed by atoms with E-state index in [-0.39, 0.29) is 29.5 Å². The zero-order valence-electron chi connectivity index (χ0n) is 14.5. The molecule has 0 heterocycles. The fourth-order valence-electron chi connectivity index (χ4n) is 2.80. The van der Waals surface area contributed by atoms with Crippen LogP contribution in [0.15, 0.2) is 4.99 Å². The van der Waals surface area contributed by atoms with Crippen molar-refractivity contribution in [3.63, 3.8) is 0 Å². The molecule has 126 valence electrons. The third-order valence-electron chi connectivity index (χ3n) is 4.00. The van der Waals surface area contributed by atoms with Crippen molar-refractivity contribution < 1.29 is 0 Å². The molecular formula is C16H35IN4. The van der Waals surface area contributed by atoms with Crippen LogP contribution in [0.1, 0.15) is 59.8 Å². The van der Waals surface area contributed by atoms with E-state index in [1.165, 1.54) is 32.1 Å². The first kappa shape index (κ1) is 21.0. The zero-order valence-corrected chi connectivity index (χ0v) is 16.8. The fourth-order valence-corrected chi connectivity index (χ4v) is 2.80. The van der Waals surface area contributed by atoms with Crippen molar-refractivity contribution in [2.24, 2.45) is 10.9 Å². The van der Waals surface area contributed by atoms with Gasteiger partial charge in [-0.1, -0.05) is 26.2 Å². The summed E-state index contributed by atoms with van der Waals surface area (Å²) in [6, 6.07) is 0.593. The maximum absolute atomic E-state index is 4.33. The van der Waals surface area contributed by atoms with Crippen molar-refractivity contribution in [3.05, 3.63) is 0 Å². The first-order valence-corrected chi connectivity index (χ1v) is 8.16. The number of nitrogens with zero attached hydrogens (tertiary/aromatic N) is 1. The highest BCUT2D eigenvalue weighted by atomic mass is 127. The molecule has 2 atom stereocenters. The van der Waals surface area contributed by atoms with Gasteiger partial charge in [0, 0.05) is 31.7 Å². The molecule has 2 unspecified atom stereocenters. The van der Waals surface area contributed by atoms with E-state index in [2.05, 4.69) is 48.6 Å². The van der Waals surface area contributed by atoms with Crippen molar-refractivity contribution in [3.8, 4) is 0 Å². The number of hydrogen-bond acceptors (Lipinski definition) is 2. The summed E-state index contributed by atoms with van der Waals surface area (Å²) >= 11 is 0. The average molecular weight is 410 g/mol. The Bertz CT molecular complexity index is 299. The quantitative estimate of drug-likeness (QED) is 0.283. The molecule has 0 amide bonds. The molecule has 1 aliphatic rings. The average Bonchev–Trinajstić information content (AvgIpc) is 2.41. The lowest BCUT2D eigenvalue weighted by Gasteiger charge is -2.30. The first-order valence-electron chi connectivity index (χ1n) is 8.16. The topological polar surface area (TPSA) is 48.5 Å². The Kier molecular flexibility index (Phi) is 10.6. The Hall–Kier alpha value is -0.0400. The molecule has 1 rings (SSSR count). The van der Waals surface area contributed by atoms with Gasteiger partial charge in [0.05, 0.1) is 0 Å². The molecule has 0 bridgehead atoms. The molecule has 0 spiro atoms. The van der Waals surface area contributed by atoms with Crippen molar-refractivity contribution >= 4 is 29.9 Å². The number of aliphatic imine (C=N–C) groups is 1. The molecule has 4 nitrogen and oxygen atoms in total. The lowest BCUT2D eigenvalue weighted by Crippen LogP contribution is -2.48. The van der Waals surface area contributed by atoms with Crippen molar-refractivity contribution in [2.75, 3.05) is 20.1 Å². The zero-order chi connectivity index (χ0) is 15.0. The Labute approximate surface area is 148 Å². The summed E-state index contributed by atoms with van der Waals surface area (Å²) in [5, 5.41) is 10.5. The minimum absolute atomic E-state index is 0. The minimum atomic E-state index is 0. The molecule has 3 N–H and O–H groups in total. The number of guanidine groups is 1. The van der Waals surface area contributed by atoms with Gasteiger partial charge in [0.1, 0.15) is 0 Å². The van der Waals surface area contributed by atoms with E-state index in [0.29, 0.717) is 6.04 Å². The monoisotopic (exact) mass is 410 g/mol. The van der Waals surface area contributed by atoms with Gasteiger partial charge in [-0.3, -0.25) is 4.99 Å². The lowest BCUT2D eigenvalue weighted by atomic mass is 9.84. The molecule has 0 aromatic heterocycles. The van der Waals surface area contributed by atoms with Gasteiger partial charge in [-0.15, -0.1) is 24.0 Å². The third kappa shape index (κ3) is 9.55. The second-order valence-electron chi connectivity index (χ2n) is 6.96. The van der Waals surface area contributed by atoms with Gasteiger partial charge in [0.25, 0.3) is 0 Å². The van der Waals surface area contributed by atoms with E-state index in [9.17, 15) is 0 Å². The summed E-state index contributed by atoms with van der Waals surface area (Å²) in [5.41, 5.74) is 0.177. The van der Waals surface area contributed by atoms with E-state index >= 15 is 0 Å². The molecule has 1 saturated carbocycles. The Balaban J connectivity index is 0.00000400. The molecule has 1 aliphatic carbocycles. The SMILES string of the molecule is CCC1CCCC(NC(=NC)NCCNC(C)(C)C)C1.I. The summed E-state index contributed by atoms with van der Waals surface area (Å²) in [6.07, 6.45) is 6.61. The maximum atomic E-state index is 4.33. The summed E-state index contributed by atoms with van der Waals surface area (Å²) < 4.78 is 0. The van der Waals surface area contributed by atoms with E-state index in [1.54, 1.807) is 0 Å². The van der Waals surface area contributed by atoms with Gasteiger partial charge in [0.15, 0.2) is 5.96 Å². The standard InChI is InChI=1S/C16H34N4.HI/c1-6-13-8-7-9-14(12-13)20-15(17-5)18-10-11-19-16(2,3)4;/h13-14,19H,6-12H2,1-5H3,(H2,17,18,20);1H. The maximum Gasteiger partial charge on any atom is 0.191 e. The van der Waals surface area contributed by atoms with Crippen LogP contribution < -0.4 is 16.0 Å². The molecule has 1 fully saturated rings. The summed E-state index contributed by atoms with van der Waals surface area (Å²) in [4.78, 5) is 4.33. The lowest BCUT2D eigenvalue weighted by molar-refractivity contribution is 0.298. The number of nitrogens with one attached hydrogen (secondary N) is 3. The summed E-state index contributed by atoms with van der Waals surface area (Å²) in [6.45, 7) is 10.7. The van der Waals surface area contributed by atoms with E-state index in [4.69, 9.17) is 0 Å². The third-order valence-corrected chi connectivity index (χ3v) is 4.00. The normalized spacial score (nSPS) is 23.4. The summed E-state index contributed by atoms with van der Waals surface area (Å²) in [7, 11) is 1.85.